The maximum Gasteiger partial charge on any atom is 0.278 e. The lowest BCUT2D eigenvalue weighted by Gasteiger charge is -2.12. The van der Waals surface area contributed by atoms with E-state index in [4.69, 9.17) is 0 Å². The highest BCUT2D eigenvalue weighted by Gasteiger charge is 2.23. The largest absolute Gasteiger partial charge is 0.338 e. The van der Waals surface area contributed by atoms with E-state index in [0.717, 1.165) is 4.52 Å². The van der Waals surface area contributed by atoms with E-state index in [2.05, 4.69) is 15.2 Å². The van der Waals surface area contributed by atoms with Gasteiger partial charge in [-0.05, 0) is 19.8 Å². The number of aromatic nitrogens is 5. The fourth-order valence-electron chi connectivity index (χ4n) is 2.73. The number of nitriles is 1. The van der Waals surface area contributed by atoms with Crippen LogP contribution in [-0.2, 0) is 0 Å². The van der Waals surface area contributed by atoms with Crippen molar-refractivity contribution in [3.05, 3.63) is 39.8 Å². The Hall–Kier alpha value is -2.95. The minimum atomic E-state index is -0.523. The Balaban J connectivity index is 2.40. The molecule has 0 aliphatic rings. The van der Waals surface area contributed by atoms with Gasteiger partial charge in [0.05, 0.1) is 23.7 Å². The number of nitrogens with one attached hydrogen (secondary N) is 1. The molecular weight excluding hydrogens is 311 g/mol. The molecule has 0 spiro atoms. The summed E-state index contributed by atoms with van der Waals surface area (Å²) < 4.78 is 17.1. The Morgan fingerprint density at radius 3 is 2.50 bits per heavy atom. The average Bonchev–Trinajstić information content (AvgIpc) is 3.09. The maximum atomic E-state index is 14.7. The first-order valence-corrected chi connectivity index (χ1v) is 7.64. The molecule has 7 nitrogen and oxygen atoms in total. The first kappa shape index (κ1) is 15.9. The summed E-state index contributed by atoms with van der Waals surface area (Å²) in [6, 6.07) is 1.82. The number of hydrogen-bond acceptors (Lipinski definition) is 4. The first-order valence-electron chi connectivity index (χ1n) is 7.64. The molecule has 3 rings (SSSR count). The molecule has 0 bridgehead atoms. The lowest BCUT2D eigenvalue weighted by Crippen LogP contribution is -2.22. The van der Waals surface area contributed by atoms with Gasteiger partial charge in [-0.1, -0.05) is 13.8 Å². The molecule has 3 aromatic rings. The van der Waals surface area contributed by atoms with E-state index in [1.807, 2.05) is 33.8 Å². The van der Waals surface area contributed by atoms with Gasteiger partial charge < -0.3 is 4.98 Å². The summed E-state index contributed by atoms with van der Waals surface area (Å²) in [6.45, 7) is 7.33. The molecule has 124 valence electrons. The average molecular weight is 328 g/mol. The van der Waals surface area contributed by atoms with Gasteiger partial charge in [0.25, 0.3) is 5.56 Å². The topological polar surface area (TPSA) is 91.8 Å². The van der Waals surface area contributed by atoms with Crippen molar-refractivity contribution in [1.29, 1.82) is 5.26 Å². The van der Waals surface area contributed by atoms with Crippen LogP contribution in [0.3, 0.4) is 0 Å². The predicted molar refractivity (Wildman–Crippen MR) is 86.2 cm³/mol. The van der Waals surface area contributed by atoms with Crippen LogP contribution < -0.4 is 5.56 Å². The summed E-state index contributed by atoms with van der Waals surface area (Å²) in [4.78, 5) is 15.8. The zero-order chi connectivity index (χ0) is 17.6. The molecule has 0 aliphatic carbocycles. The minimum absolute atomic E-state index is 0.152. The molecule has 8 heteroatoms. The van der Waals surface area contributed by atoms with Crippen LogP contribution in [0, 0.1) is 17.3 Å². The predicted octanol–water partition coefficient (Wildman–Crippen LogP) is 2.60. The fraction of sp³-hybridized carbons (Fsp3) is 0.375. The Morgan fingerprint density at radius 2 is 1.96 bits per heavy atom. The van der Waals surface area contributed by atoms with E-state index in [-0.39, 0.29) is 34.3 Å². The third kappa shape index (κ3) is 2.21. The molecule has 0 aromatic carbocycles. The summed E-state index contributed by atoms with van der Waals surface area (Å²) in [7, 11) is 0. The molecule has 0 radical (unpaired) electrons. The number of hydrogen-bond donors (Lipinski definition) is 1. The quantitative estimate of drug-likeness (QED) is 0.800. The van der Waals surface area contributed by atoms with Crippen LogP contribution in [0.2, 0.25) is 0 Å². The van der Waals surface area contributed by atoms with E-state index < -0.39 is 5.95 Å². The smallest absolute Gasteiger partial charge is 0.278 e. The first-order chi connectivity index (χ1) is 11.4. The summed E-state index contributed by atoms with van der Waals surface area (Å²) in [6.07, 6.45) is 2.71. The van der Waals surface area contributed by atoms with Crippen LogP contribution in [0.15, 0.2) is 17.2 Å². The number of aromatic amines is 1. The van der Waals surface area contributed by atoms with Gasteiger partial charge >= 0.3 is 0 Å². The summed E-state index contributed by atoms with van der Waals surface area (Å²) >= 11 is 0. The Labute approximate surface area is 137 Å². The maximum absolute atomic E-state index is 14.7. The van der Waals surface area contributed by atoms with Gasteiger partial charge in [0.2, 0.25) is 5.95 Å². The van der Waals surface area contributed by atoms with E-state index >= 15 is 0 Å². The van der Waals surface area contributed by atoms with E-state index in [9.17, 15) is 14.4 Å². The van der Waals surface area contributed by atoms with Crippen molar-refractivity contribution >= 4 is 5.65 Å². The lowest BCUT2D eigenvalue weighted by atomic mass is 10.00. The molecule has 3 heterocycles. The van der Waals surface area contributed by atoms with E-state index in [1.165, 1.54) is 17.1 Å². The molecule has 0 saturated carbocycles. The zero-order valence-corrected chi connectivity index (χ0v) is 13.8. The Bertz CT molecular complexity index is 1020. The van der Waals surface area contributed by atoms with E-state index in [0.29, 0.717) is 11.3 Å². The van der Waals surface area contributed by atoms with Crippen LogP contribution in [0.1, 0.15) is 50.8 Å². The van der Waals surface area contributed by atoms with Crippen molar-refractivity contribution in [2.24, 2.45) is 0 Å². The lowest BCUT2D eigenvalue weighted by molar-refractivity contribution is 0.417. The number of halogens is 1. The minimum Gasteiger partial charge on any atom is -0.338 e. The van der Waals surface area contributed by atoms with Crippen LogP contribution in [0.25, 0.3) is 16.9 Å². The molecule has 24 heavy (non-hydrogen) atoms. The normalized spacial score (nSPS) is 11.6. The van der Waals surface area contributed by atoms with Crippen LogP contribution in [0.4, 0.5) is 4.39 Å². The molecule has 0 fully saturated rings. The van der Waals surface area contributed by atoms with Gasteiger partial charge in [0, 0.05) is 11.6 Å². The van der Waals surface area contributed by atoms with Crippen LogP contribution in [-0.4, -0.2) is 24.4 Å². The van der Waals surface area contributed by atoms with Gasteiger partial charge in [0.1, 0.15) is 11.6 Å². The van der Waals surface area contributed by atoms with Crippen LogP contribution >= 0.6 is 0 Å². The molecule has 0 unspecified atom stereocenters. The highest BCUT2D eigenvalue weighted by atomic mass is 19.1. The summed E-state index contributed by atoms with van der Waals surface area (Å²) in [5, 5.41) is 17.2. The van der Waals surface area contributed by atoms with Gasteiger partial charge in [0.15, 0.2) is 5.65 Å². The van der Waals surface area contributed by atoms with Crippen molar-refractivity contribution in [1.82, 2.24) is 24.4 Å². The number of H-pyrrole nitrogens is 1. The number of rotatable bonds is 3. The third-order valence-corrected chi connectivity index (χ3v) is 3.90. The second-order valence-corrected chi connectivity index (χ2v) is 6.19. The molecule has 0 aliphatic heterocycles. The van der Waals surface area contributed by atoms with Crippen molar-refractivity contribution in [2.75, 3.05) is 0 Å². The molecular formula is C16H17FN6O. The van der Waals surface area contributed by atoms with Gasteiger partial charge in [-0.25, -0.2) is 4.68 Å². The summed E-state index contributed by atoms with van der Waals surface area (Å²) in [5.74, 6) is -0.686. The Kier molecular flexibility index (Phi) is 3.72. The second kappa shape index (κ2) is 5.60. The highest BCUT2D eigenvalue weighted by molar-refractivity contribution is 5.67. The van der Waals surface area contributed by atoms with Crippen LogP contribution in [0.5, 0.6) is 0 Å². The Morgan fingerprint density at radius 1 is 1.25 bits per heavy atom. The van der Waals surface area contributed by atoms with Gasteiger partial charge in [-0.2, -0.15) is 24.4 Å². The standard InChI is InChI=1S/C16H17FN6O/c1-8(2)12-13(11-7-20-22(9(3)4)14(11)17)21-15-10(5-18)6-19-23(15)16(12)24/h6-9,21H,1-4H3. The molecule has 0 amide bonds. The number of fused-ring (bicyclic) bond motifs is 1. The van der Waals surface area contributed by atoms with Gasteiger partial charge in [-0.3, -0.25) is 4.79 Å². The highest BCUT2D eigenvalue weighted by Crippen LogP contribution is 2.29. The zero-order valence-electron chi connectivity index (χ0n) is 13.8. The van der Waals surface area contributed by atoms with Crippen molar-refractivity contribution < 1.29 is 4.39 Å². The molecule has 3 aromatic heterocycles. The number of nitrogens with zero attached hydrogens (tertiary/aromatic N) is 5. The summed E-state index contributed by atoms with van der Waals surface area (Å²) in [5.41, 5.74) is 1.05. The molecule has 0 saturated heterocycles. The van der Waals surface area contributed by atoms with E-state index in [1.54, 1.807) is 0 Å². The monoisotopic (exact) mass is 328 g/mol. The molecule has 1 N–H and O–H groups in total. The van der Waals surface area contributed by atoms with Gasteiger partial charge in [-0.15, -0.1) is 0 Å². The van der Waals surface area contributed by atoms with Crippen molar-refractivity contribution in [2.45, 2.75) is 39.7 Å². The van der Waals surface area contributed by atoms with Crippen molar-refractivity contribution in [3.63, 3.8) is 0 Å². The van der Waals surface area contributed by atoms with Crippen molar-refractivity contribution in [3.8, 4) is 17.3 Å². The fourth-order valence-corrected chi connectivity index (χ4v) is 2.73. The molecule has 0 atom stereocenters. The SMILES string of the molecule is CC(C)c1c(-c2cnn(C(C)C)c2F)[nH]c2c(C#N)cnn2c1=O. The third-order valence-electron chi connectivity index (χ3n) is 3.90. The second-order valence-electron chi connectivity index (χ2n) is 6.19.